The largest absolute Gasteiger partial charge is 0.513 e. The zero-order valence-electron chi connectivity index (χ0n) is 66.2. The minimum absolute atomic E-state index is 0. The Labute approximate surface area is 646 Å². The minimum Gasteiger partial charge on any atom is -0.497 e. The number of benzene rings is 7. The summed E-state index contributed by atoms with van der Waals surface area (Å²) in [4.78, 5) is 77.4. The van der Waals surface area contributed by atoms with Crippen molar-refractivity contribution < 1.29 is 99.9 Å². The molecule has 0 aliphatic rings. The second-order valence-corrected chi connectivity index (χ2v) is 26.6. The molecule has 109 heavy (non-hydrogen) atoms. The van der Waals surface area contributed by atoms with Gasteiger partial charge in [-0.1, -0.05) is 179 Å². The van der Waals surface area contributed by atoms with Crippen LogP contribution in [0.15, 0.2) is 170 Å². The molecular weight excluding hydrogens is 1390 g/mol. The van der Waals surface area contributed by atoms with Crippen LogP contribution in [-0.2, 0) is 80.0 Å². The number of rotatable bonds is 36. The molecule has 596 valence electrons. The van der Waals surface area contributed by atoms with Gasteiger partial charge in [-0.2, -0.15) is 0 Å². The molecule has 0 spiro atoms. The fourth-order valence-electron chi connectivity index (χ4n) is 10.6. The Hall–Kier alpha value is -10.1. The average Bonchev–Trinajstić information content (AvgIpc) is 0.816. The van der Waals surface area contributed by atoms with Gasteiger partial charge in [0.1, 0.15) is 53.5 Å². The highest BCUT2D eigenvalue weighted by molar-refractivity contribution is 5.71. The van der Waals surface area contributed by atoms with Crippen LogP contribution in [0.3, 0.4) is 0 Å². The van der Waals surface area contributed by atoms with Crippen molar-refractivity contribution in [3.05, 3.63) is 209 Å². The van der Waals surface area contributed by atoms with Gasteiger partial charge in [-0.3, -0.25) is 24.0 Å². The maximum atomic E-state index is 11.9. The van der Waals surface area contributed by atoms with Gasteiger partial charge < -0.3 is 66.3 Å². The topological polar surface area (TPSA) is 249 Å². The minimum atomic E-state index is -0.764. The van der Waals surface area contributed by atoms with Gasteiger partial charge in [-0.05, 0) is 156 Å². The summed E-state index contributed by atoms with van der Waals surface area (Å²) in [5.41, 5.74) is 6.84. The Balaban J connectivity index is 0.000000476. The SMILES string of the molecule is C.COCCCCCCCCCCOC(C)=O.COCCCCCCOC(=O)Oc1ccc(C(C)(C)c2ccc(OC(C)=O)cc2)cc1.COCCOC(=O)Oc1ccc(C(C)(C)c2ccc(OC(C)=O)cc2)cc1.COc1ccc(C(C)(C)c2ccc(OC(C)=O)cc2)cc1.COc1ccc(COC(C)=O)cc1. The predicted molar refractivity (Wildman–Crippen MR) is 422 cm³/mol. The van der Waals surface area contributed by atoms with E-state index in [9.17, 15) is 33.6 Å². The second-order valence-electron chi connectivity index (χ2n) is 26.6. The van der Waals surface area contributed by atoms with E-state index in [4.69, 9.17) is 66.3 Å². The van der Waals surface area contributed by atoms with Gasteiger partial charge in [0, 0.05) is 85.4 Å². The van der Waals surface area contributed by atoms with Crippen molar-refractivity contribution in [1.82, 2.24) is 0 Å². The molecule has 0 amide bonds. The van der Waals surface area contributed by atoms with Crippen LogP contribution in [0.1, 0.15) is 200 Å². The number of carbonyl (C=O) groups is 7. The summed E-state index contributed by atoms with van der Waals surface area (Å²) in [6, 6.07) is 52.5. The van der Waals surface area contributed by atoms with E-state index >= 15 is 0 Å². The van der Waals surface area contributed by atoms with Crippen LogP contribution in [0, 0.1) is 0 Å². The molecule has 0 radical (unpaired) electrons. The number of carbonyl (C=O) groups excluding carboxylic acids is 7. The van der Waals surface area contributed by atoms with Gasteiger partial charge >= 0.3 is 42.2 Å². The van der Waals surface area contributed by atoms with Crippen molar-refractivity contribution in [1.29, 1.82) is 0 Å². The van der Waals surface area contributed by atoms with Crippen molar-refractivity contribution in [3.63, 3.8) is 0 Å². The third kappa shape index (κ3) is 39.0. The third-order valence-corrected chi connectivity index (χ3v) is 17.0. The fourth-order valence-corrected chi connectivity index (χ4v) is 10.6. The summed E-state index contributed by atoms with van der Waals surface area (Å²) in [6.45, 7) is 23.1. The van der Waals surface area contributed by atoms with E-state index in [1.165, 1.54) is 92.2 Å². The Morgan fingerprint density at radius 1 is 0.248 bits per heavy atom. The standard InChI is InChI=1S/C25H32O6.C21H24O6.C18H20O3.C13H26O3.C10H12O3.CH4/c1-19(26)30-22-13-9-20(10-14-22)25(2,3)21-11-15-23(16-12-21)31-24(27)29-18-8-6-5-7-17-28-4;1-15(22)26-18-9-5-16(6-10-18)21(2,3)17-7-11-19(12-8-17)27-20(23)25-14-13-24-4;1-13(19)21-17-11-7-15(8-12-17)18(2,3)14-5-9-16(20-4)10-6-14;1-13(14)16-12-10-8-6-4-3-5-7-9-11-15-2;1-8(11)13-7-9-3-5-10(12-2)6-4-9;/h9-16H,5-8,17-18H2,1-4H3;5-12H,13-14H2,1-4H3;5-12H,1-4H3;3-12H2,1-2H3;3-6H,7H2,1-2H3;1H4. The van der Waals surface area contributed by atoms with Crippen molar-refractivity contribution in [2.24, 2.45) is 0 Å². The Morgan fingerprint density at radius 2 is 0.477 bits per heavy atom. The Morgan fingerprint density at radius 3 is 0.734 bits per heavy atom. The quantitative estimate of drug-likeness (QED) is 0.0116. The van der Waals surface area contributed by atoms with E-state index in [-0.39, 0.29) is 60.1 Å². The molecule has 0 heterocycles. The van der Waals surface area contributed by atoms with Crippen LogP contribution in [0.25, 0.3) is 0 Å². The molecular formula is C88H118O21. The predicted octanol–water partition coefficient (Wildman–Crippen LogP) is 19.4. The van der Waals surface area contributed by atoms with Gasteiger partial charge in [0.2, 0.25) is 0 Å². The molecule has 0 atom stereocenters. The number of unbranched alkanes of at least 4 members (excludes halogenated alkanes) is 10. The highest BCUT2D eigenvalue weighted by atomic mass is 16.7. The van der Waals surface area contributed by atoms with Crippen LogP contribution >= 0.6 is 0 Å². The molecule has 21 nitrogen and oxygen atoms in total. The molecule has 0 bridgehead atoms. The smallest absolute Gasteiger partial charge is 0.497 e. The molecule has 0 saturated heterocycles. The van der Waals surface area contributed by atoms with Gasteiger partial charge in [0.25, 0.3) is 0 Å². The first-order chi connectivity index (χ1) is 51.6. The van der Waals surface area contributed by atoms with Gasteiger partial charge in [0.15, 0.2) is 0 Å². The van der Waals surface area contributed by atoms with E-state index in [2.05, 4.69) is 53.7 Å². The summed E-state index contributed by atoms with van der Waals surface area (Å²) >= 11 is 0. The Kier molecular flexibility index (Phi) is 46.1. The fraction of sp³-hybridized carbons (Fsp3) is 0.443. The van der Waals surface area contributed by atoms with Gasteiger partial charge in [-0.25, -0.2) is 9.59 Å². The summed E-state index contributed by atoms with van der Waals surface area (Å²) < 4.78 is 70.3. The monoisotopic (exact) mass is 1510 g/mol. The third-order valence-electron chi connectivity index (χ3n) is 17.0. The molecule has 0 aliphatic carbocycles. The number of ether oxygens (including phenoxy) is 14. The second kappa shape index (κ2) is 52.8. The van der Waals surface area contributed by atoms with Crippen molar-refractivity contribution >= 4 is 42.2 Å². The Bertz CT molecular complexity index is 3700. The van der Waals surface area contributed by atoms with E-state index in [0.717, 1.165) is 90.2 Å². The van der Waals surface area contributed by atoms with Crippen molar-refractivity contribution in [3.8, 4) is 40.2 Å². The molecule has 7 aromatic carbocycles. The molecule has 0 saturated carbocycles. The maximum absolute atomic E-state index is 11.9. The van der Waals surface area contributed by atoms with Gasteiger partial charge in [0.05, 0.1) is 34.0 Å². The summed E-state index contributed by atoms with van der Waals surface area (Å²) in [6.07, 6.45) is 12.2. The number of methoxy groups -OCH3 is 5. The number of hydrogen-bond acceptors (Lipinski definition) is 21. The lowest BCUT2D eigenvalue weighted by atomic mass is 9.78. The summed E-state index contributed by atoms with van der Waals surface area (Å²) in [7, 11) is 8.24. The highest BCUT2D eigenvalue weighted by Crippen LogP contribution is 2.37. The van der Waals surface area contributed by atoms with Crippen molar-refractivity contribution in [2.75, 3.05) is 75.2 Å². The lowest BCUT2D eigenvalue weighted by Gasteiger charge is -2.26. The molecule has 0 unspecified atom stereocenters. The first-order valence-electron chi connectivity index (χ1n) is 36.4. The first kappa shape index (κ1) is 95.0. The van der Waals surface area contributed by atoms with Crippen LogP contribution in [0.2, 0.25) is 0 Å². The lowest BCUT2D eigenvalue weighted by Crippen LogP contribution is -2.19. The molecule has 0 aromatic heterocycles. The lowest BCUT2D eigenvalue weighted by molar-refractivity contribution is -0.142. The zero-order valence-corrected chi connectivity index (χ0v) is 66.2. The summed E-state index contributed by atoms with van der Waals surface area (Å²) in [5, 5.41) is 0. The number of hydrogen-bond donors (Lipinski definition) is 0. The van der Waals surface area contributed by atoms with Gasteiger partial charge in [-0.15, -0.1) is 0 Å². The normalized spacial score (nSPS) is 10.6. The van der Waals surface area contributed by atoms with Crippen LogP contribution < -0.4 is 33.2 Å². The molecule has 0 N–H and O–H groups in total. The van der Waals surface area contributed by atoms with E-state index in [1.54, 1.807) is 77.0 Å². The van der Waals surface area contributed by atoms with Crippen molar-refractivity contribution in [2.45, 2.75) is 183 Å². The van der Waals surface area contributed by atoms with Crippen LogP contribution in [-0.4, -0.2) is 117 Å². The van der Waals surface area contributed by atoms with E-state index in [1.807, 2.05) is 109 Å². The number of esters is 5. The average molecular weight is 1510 g/mol. The maximum Gasteiger partial charge on any atom is 0.513 e. The van der Waals surface area contributed by atoms with E-state index in [0.29, 0.717) is 55.2 Å². The first-order valence-corrected chi connectivity index (χ1v) is 36.4. The molecule has 21 heteroatoms. The van der Waals surface area contributed by atoms with Crippen LogP contribution in [0.4, 0.5) is 9.59 Å². The molecule has 0 fully saturated rings. The molecule has 7 rings (SSSR count). The zero-order chi connectivity index (χ0) is 79.8. The molecule has 7 aromatic rings. The van der Waals surface area contributed by atoms with E-state index < -0.39 is 12.3 Å². The highest BCUT2D eigenvalue weighted by Gasteiger charge is 2.26. The molecule has 0 aliphatic heterocycles. The van der Waals surface area contributed by atoms with Crippen LogP contribution in [0.5, 0.6) is 40.2 Å². The summed E-state index contributed by atoms with van der Waals surface area (Å²) in [5.74, 6) is 2.65.